The van der Waals surface area contributed by atoms with Crippen LogP contribution in [0.15, 0.2) is 11.7 Å². The number of nitrogens with zero attached hydrogens (tertiary/aromatic N) is 2. The molecule has 0 saturated carbocycles. The maximum absolute atomic E-state index is 12.2. The number of piperidine rings is 1. The first kappa shape index (κ1) is 15.8. The molecule has 114 valence electrons. The predicted molar refractivity (Wildman–Crippen MR) is 80.7 cm³/mol. The van der Waals surface area contributed by atoms with E-state index in [-0.39, 0.29) is 0 Å². The van der Waals surface area contributed by atoms with Crippen molar-refractivity contribution in [3.05, 3.63) is 16.6 Å². The molecule has 1 aliphatic heterocycles. The van der Waals surface area contributed by atoms with Gasteiger partial charge in [0, 0.05) is 30.7 Å². The average molecular weight is 318 g/mol. The third kappa shape index (κ3) is 4.49. The number of thiazole rings is 1. The lowest BCUT2D eigenvalue weighted by molar-refractivity contribution is 0.266. The van der Waals surface area contributed by atoms with E-state index in [2.05, 4.69) is 21.9 Å². The van der Waals surface area contributed by atoms with Gasteiger partial charge in [-0.15, -0.1) is 11.3 Å². The Bertz CT molecular complexity index is 482. The van der Waals surface area contributed by atoms with E-state index >= 15 is 0 Å². The van der Waals surface area contributed by atoms with E-state index in [1.165, 1.54) is 11.3 Å². The Hall–Kier alpha value is -0.540. The molecule has 2 N–H and O–H groups in total. The molecule has 2 rings (SSSR count). The Morgan fingerprint density at radius 2 is 2.20 bits per heavy atom. The van der Waals surface area contributed by atoms with Crippen molar-refractivity contribution in [3.63, 3.8) is 0 Å². The Morgan fingerprint density at radius 3 is 2.80 bits per heavy atom. The summed E-state index contributed by atoms with van der Waals surface area (Å²) in [4.78, 5) is 4.86. The first-order valence-electron chi connectivity index (χ1n) is 6.94. The van der Waals surface area contributed by atoms with Gasteiger partial charge >= 0.3 is 0 Å². The lowest BCUT2D eigenvalue weighted by atomic mass is 9.98. The van der Waals surface area contributed by atoms with Crippen LogP contribution in [0.2, 0.25) is 0 Å². The molecule has 0 bridgehead atoms. The van der Waals surface area contributed by atoms with E-state index in [4.69, 9.17) is 0 Å². The second-order valence-electron chi connectivity index (χ2n) is 4.94. The molecular formula is C12H22N4O2S2. The van der Waals surface area contributed by atoms with Crippen molar-refractivity contribution >= 4 is 21.5 Å². The van der Waals surface area contributed by atoms with Gasteiger partial charge in [-0.3, -0.25) is 4.98 Å². The van der Waals surface area contributed by atoms with Gasteiger partial charge in [0.2, 0.25) is 0 Å². The van der Waals surface area contributed by atoms with Crippen LogP contribution < -0.4 is 10.0 Å². The van der Waals surface area contributed by atoms with Crippen LogP contribution in [0.3, 0.4) is 0 Å². The molecule has 0 aliphatic carbocycles. The van der Waals surface area contributed by atoms with E-state index in [9.17, 15) is 8.42 Å². The van der Waals surface area contributed by atoms with Crippen LogP contribution in [-0.2, 0) is 16.8 Å². The number of aromatic nitrogens is 1. The molecule has 0 radical (unpaired) electrons. The van der Waals surface area contributed by atoms with E-state index in [1.807, 2.05) is 0 Å². The fourth-order valence-electron chi connectivity index (χ4n) is 2.29. The van der Waals surface area contributed by atoms with Crippen LogP contribution in [0.4, 0.5) is 0 Å². The smallest absolute Gasteiger partial charge is 0.279 e. The van der Waals surface area contributed by atoms with Crippen LogP contribution in [0.25, 0.3) is 0 Å². The Morgan fingerprint density at radius 1 is 1.45 bits per heavy atom. The summed E-state index contributed by atoms with van der Waals surface area (Å²) in [5, 5.41) is 3.33. The van der Waals surface area contributed by atoms with Gasteiger partial charge in [-0.2, -0.15) is 17.4 Å². The summed E-state index contributed by atoms with van der Waals surface area (Å²) < 4.78 is 28.6. The Kier molecular flexibility index (Phi) is 5.91. The van der Waals surface area contributed by atoms with Crippen LogP contribution in [0, 0.1) is 5.92 Å². The molecule has 1 aromatic rings. The summed E-state index contributed by atoms with van der Waals surface area (Å²) in [6, 6.07) is 0. The van der Waals surface area contributed by atoms with Gasteiger partial charge in [0.15, 0.2) is 0 Å². The molecular weight excluding hydrogens is 296 g/mol. The molecule has 6 nitrogen and oxygen atoms in total. The summed E-state index contributed by atoms with van der Waals surface area (Å²) in [7, 11) is -3.36. The van der Waals surface area contributed by atoms with Crippen molar-refractivity contribution in [2.45, 2.75) is 26.3 Å². The largest absolute Gasteiger partial charge is 0.317 e. The number of hydrogen-bond acceptors (Lipinski definition) is 5. The monoisotopic (exact) mass is 318 g/mol. The van der Waals surface area contributed by atoms with Crippen molar-refractivity contribution in [2.24, 2.45) is 5.92 Å². The SMILES string of the molecule is CCNCC1CCN(S(=O)(=O)NCc2cncs2)CC1. The van der Waals surface area contributed by atoms with Crippen molar-refractivity contribution in [1.29, 1.82) is 0 Å². The second-order valence-corrected chi connectivity index (χ2v) is 7.67. The lowest BCUT2D eigenvalue weighted by Gasteiger charge is -2.31. The molecule has 0 amide bonds. The van der Waals surface area contributed by atoms with Gasteiger partial charge in [0.05, 0.1) is 5.51 Å². The van der Waals surface area contributed by atoms with Crippen LogP contribution in [-0.4, -0.2) is 43.9 Å². The van der Waals surface area contributed by atoms with Gasteiger partial charge in [-0.05, 0) is 31.8 Å². The van der Waals surface area contributed by atoms with E-state index < -0.39 is 10.2 Å². The summed E-state index contributed by atoms with van der Waals surface area (Å²) in [6.45, 7) is 5.57. The fourth-order valence-corrected chi connectivity index (χ4v) is 4.12. The number of rotatable bonds is 7. The Balaban J connectivity index is 1.79. The molecule has 1 fully saturated rings. The van der Waals surface area contributed by atoms with Gasteiger partial charge in [0.25, 0.3) is 10.2 Å². The lowest BCUT2D eigenvalue weighted by Crippen LogP contribution is -2.45. The molecule has 1 aliphatic rings. The van der Waals surface area contributed by atoms with Gasteiger partial charge in [-0.25, -0.2) is 0 Å². The zero-order valence-corrected chi connectivity index (χ0v) is 13.3. The van der Waals surface area contributed by atoms with Crippen molar-refractivity contribution in [2.75, 3.05) is 26.2 Å². The molecule has 2 heterocycles. The minimum atomic E-state index is -3.36. The quantitative estimate of drug-likeness (QED) is 0.780. The summed E-state index contributed by atoms with van der Waals surface area (Å²) in [6.07, 6.45) is 3.54. The van der Waals surface area contributed by atoms with Crippen LogP contribution >= 0.6 is 11.3 Å². The molecule has 0 aromatic carbocycles. The van der Waals surface area contributed by atoms with Crippen LogP contribution in [0.1, 0.15) is 24.6 Å². The first-order valence-corrected chi connectivity index (χ1v) is 9.26. The summed E-state index contributed by atoms with van der Waals surface area (Å²) in [5.74, 6) is 0.586. The highest BCUT2D eigenvalue weighted by molar-refractivity contribution is 7.87. The molecule has 8 heteroatoms. The molecule has 20 heavy (non-hydrogen) atoms. The highest BCUT2D eigenvalue weighted by Gasteiger charge is 2.27. The minimum Gasteiger partial charge on any atom is -0.317 e. The maximum Gasteiger partial charge on any atom is 0.279 e. The fraction of sp³-hybridized carbons (Fsp3) is 0.750. The third-order valence-corrected chi connectivity index (χ3v) is 5.84. The van der Waals surface area contributed by atoms with Gasteiger partial charge in [-0.1, -0.05) is 6.92 Å². The zero-order chi connectivity index (χ0) is 14.4. The average Bonchev–Trinajstić information content (AvgIpc) is 2.97. The minimum absolute atomic E-state index is 0.324. The normalized spacial score (nSPS) is 18.4. The highest BCUT2D eigenvalue weighted by Crippen LogP contribution is 2.18. The number of nitrogens with one attached hydrogen (secondary N) is 2. The second kappa shape index (κ2) is 7.46. The molecule has 0 atom stereocenters. The highest BCUT2D eigenvalue weighted by atomic mass is 32.2. The van der Waals surface area contributed by atoms with E-state index in [1.54, 1.807) is 16.0 Å². The molecule has 0 spiro atoms. The topological polar surface area (TPSA) is 74.3 Å². The van der Waals surface area contributed by atoms with Crippen LogP contribution in [0.5, 0.6) is 0 Å². The predicted octanol–water partition coefficient (Wildman–Crippen LogP) is 0.799. The van der Waals surface area contributed by atoms with Crippen molar-refractivity contribution in [1.82, 2.24) is 19.3 Å². The van der Waals surface area contributed by atoms with Crippen molar-refractivity contribution < 1.29 is 8.42 Å². The number of hydrogen-bond donors (Lipinski definition) is 2. The summed E-state index contributed by atoms with van der Waals surface area (Å²) in [5.41, 5.74) is 1.70. The zero-order valence-electron chi connectivity index (χ0n) is 11.7. The van der Waals surface area contributed by atoms with Gasteiger partial charge < -0.3 is 5.32 Å². The van der Waals surface area contributed by atoms with Crippen molar-refractivity contribution in [3.8, 4) is 0 Å². The molecule has 1 saturated heterocycles. The molecule has 0 unspecified atom stereocenters. The van der Waals surface area contributed by atoms with E-state index in [0.29, 0.717) is 25.6 Å². The first-order chi connectivity index (χ1) is 9.62. The van der Waals surface area contributed by atoms with E-state index in [0.717, 1.165) is 30.8 Å². The Labute approximate surface area is 124 Å². The molecule has 1 aromatic heterocycles. The third-order valence-electron chi connectivity index (χ3n) is 3.51. The standard InChI is InChI=1S/C12H22N4O2S2/c1-2-13-7-11-3-5-16(6-4-11)20(17,18)15-9-12-8-14-10-19-12/h8,10-11,13,15H,2-7,9H2,1H3. The van der Waals surface area contributed by atoms with Gasteiger partial charge in [0.1, 0.15) is 0 Å². The summed E-state index contributed by atoms with van der Waals surface area (Å²) >= 11 is 1.45. The maximum atomic E-state index is 12.2.